The monoisotopic (exact) mass is 858 g/mol. The van der Waals surface area contributed by atoms with Gasteiger partial charge in [0.2, 0.25) is 23.6 Å². The number of nitrogens with one attached hydrogen (secondary N) is 2. The zero-order valence-corrected chi connectivity index (χ0v) is 38.4. The van der Waals surface area contributed by atoms with Gasteiger partial charge in [0.25, 0.3) is 0 Å². The van der Waals surface area contributed by atoms with Crippen molar-refractivity contribution < 1.29 is 38.2 Å². The van der Waals surface area contributed by atoms with E-state index in [1.807, 2.05) is 89.1 Å². The summed E-state index contributed by atoms with van der Waals surface area (Å²) in [5.41, 5.74) is 6.20. The molecule has 0 spiro atoms. The molecule has 0 radical (unpaired) electrons. The summed E-state index contributed by atoms with van der Waals surface area (Å²) < 4.78 is 17.0. The van der Waals surface area contributed by atoms with Crippen LogP contribution in [0.4, 0.5) is 4.79 Å². The van der Waals surface area contributed by atoms with Crippen molar-refractivity contribution in [3.63, 3.8) is 0 Å². The summed E-state index contributed by atoms with van der Waals surface area (Å²) in [5, 5.41) is 8.95. The summed E-state index contributed by atoms with van der Waals surface area (Å²) in [4.78, 5) is 77.4. The molecule has 1 aromatic heterocycles. The van der Waals surface area contributed by atoms with Crippen LogP contribution in [-0.2, 0) is 39.8 Å². The summed E-state index contributed by atoms with van der Waals surface area (Å²) in [7, 11) is 6.60. The number of likely N-dealkylation sites (tertiary alicyclic amines) is 1. The van der Waals surface area contributed by atoms with Gasteiger partial charge in [-0.2, -0.15) is 0 Å². The first-order chi connectivity index (χ1) is 28.5. The van der Waals surface area contributed by atoms with Crippen LogP contribution in [-0.4, -0.2) is 134 Å². The molecule has 60 heavy (non-hydrogen) atoms. The minimum atomic E-state index is -0.889. The van der Waals surface area contributed by atoms with Crippen LogP contribution in [0.2, 0.25) is 0 Å². The van der Waals surface area contributed by atoms with Gasteiger partial charge in [-0.25, -0.2) is 9.78 Å². The number of methoxy groups -OCH3 is 2. The first kappa shape index (κ1) is 50.2. The van der Waals surface area contributed by atoms with Crippen molar-refractivity contribution in [1.82, 2.24) is 30.3 Å². The molecule has 9 atom stereocenters. The Bertz CT molecular complexity index is 1650. The fourth-order valence-electron chi connectivity index (χ4n) is 8.48. The second-order valence-corrected chi connectivity index (χ2v) is 17.7. The van der Waals surface area contributed by atoms with Gasteiger partial charge in [-0.15, -0.1) is 11.3 Å². The molecule has 0 bridgehead atoms. The van der Waals surface area contributed by atoms with E-state index in [2.05, 4.69) is 15.6 Å². The Morgan fingerprint density at radius 1 is 0.967 bits per heavy atom. The van der Waals surface area contributed by atoms with E-state index in [0.717, 1.165) is 17.0 Å². The van der Waals surface area contributed by atoms with Crippen LogP contribution in [0.1, 0.15) is 90.8 Å². The van der Waals surface area contributed by atoms with Gasteiger partial charge in [0.1, 0.15) is 17.7 Å². The summed E-state index contributed by atoms with van der Waals surface area (Å²) in [5.74, 6) is -1.96. The zero-order valence-electron chi connectivity index (χ0n) is 37.6. The molecule has 0 aliphatic carbocycles. The van der Waals surface area contributed by atoms with Gasteiger partial charge in [0, 0.05) is 45.9 Å². The van der Waals surface area contributed by atoms with Crippen LogP contribution in [0.3, 0.4) is 0 Å². The van der Waals surface area contributed by atoms with Crippen molar-refractivity contribution in [2.45, 2.75) is 123 Å². The van der Waals surface area contributed by atoms with E-state index in [0.29, 0.717) is 25.8 Å². The van der Waals surface area contributed by atoms with Crippen molar-refractivity contribution in [2.24, 2.45) is 29.4 Å². The predicted octanol–water partition coefficient (Wildman–Crippen LogP) is 4.66. The molecule has 1 aromatic carbocycles. The van der Waals surface area contributed by atoms with Gasteiger partial charge in [-0.1, -0.05) is 85.2 Å². The lowest BCUT2D eigenvalue weighted by Gasteiger charge is -2.41. The number of thiazole rings is 1. The third-order valence-electron chi connectivity index (χ3n) is 11.9. The van der Waals surface area contributed by atoms with Crippen molar-refractivity contribution in [2.75, 3.05) is 48.0 Å². The van der Waals surface area contributed by atoms with E-state index in [1.54, 1.807) is 44.3 Å². The summed E-state index contributed by atoms with van der Waals surface area (Å²) in [6.45, 7) is 14.3. The maximum Gasteiger partial charge on any atom is 0.404 e. The fraction of sp³-hybridized carbons (Fsp3) is 0.682. The summed E-state index contributed by atoms with van der Waals surface area (Å²) in [6, 6.07) is 7.33. The van der Waals surface area contributed by atoms with E-state index < -0.39 is 42.3 Å². The molecule has 2 aromatic rings. The van der Waals surface area contributed by atoms with Crippen LogP contribution in [0.15, 0.2) is 41.9 Å². The largest absolute Gasteiger partial charge is 0.448 e. The quantitative estimate of drug-likeness (QED) is 0.134. The zero-order chi connectivity index (χ0) is 44.7. The van der Waals surface area contributed by atoms with Crippen LogP contribution in [0.5, 0.6) is 0 Å². The number of hydrogen-bond donors (Lipinski definition) is 3. The molecule has 1 aliphatic heterocycles. The van der Waals surface area contributed by atoms with Crippen molar-refractivity contribution in [1.29, 1.82) is 0 Å². The third-order valence-corrected chi connectivity index (χ3v) is 12.8. The lowest BCUT2D eigenvalue weighted by Crippen LogP contribution is -2.60. The highest BCUT2D eigenvalue weighted by Crippen LogP contribution is 2.30. The molecule has 2 heterocycles. The Hall–Kier alpha value is -4.12. The molecular weight excluding hydrogens is 787 g/mol. The molecule has 1 aliphatic rings. The number of carbonyl (C=O) groups is 5. The number of likely N-dealkylation sites (N-methyl/N-ethyl adjacent to an activating group) is 2. The molecule has 0 saturated carbocycles. The standard InChI is InChI=1S/C44H71N7O8S/c1-12-29(6)38(50(9)43(55)36(27(2)3)48-41(54)37(28(4)5)49(8)22-23-59-44(45)56)34(57-10)26-35(52)51-21-16-19-33(51)39(58-11)30(7)40(53)47-32(42-46-20-24-60-42)25-31-17-14-13-15-18-31/h13-15,17-18,20,24,27-30,32-34,36-39H,12,16,19,21-23,25-26H2,1-11H3,(H2,45,56)(H,47,53)(H,48,54)/t29-,30+,32-,33-,34+,36-,37-,38-,39+/m0/s1. The number of nitrogens with two attached hydrogens (primary N) is 1. The second-order valence-electron chi connectivity index (χ2n) is 16.8. The highest BCUT2D eigenvalue weighted by molar-refractivity contribution is 7.09. The molecule has 3 rings (SSSR count). The Labute approximate surface area is 361 Å². The van der Waals surface area contributed by atoms with E-state index in [4.69, 9.17) is 19.9 Å². The molecule has 5 amide bonds. The highest BCUT2D eigenvalue weighted by atomic mass is 32.1. The van der Waals surface area contributed by atoms with Gasteiger partial charge < -0.3 is 40.4 Å². The third kappa shape index (κ3) is 13.7. The predicted molar refractivity (Wildman–Crippen MR) is 233 cm³/mol. The lowest BCUT2D eigenvalue weighted by molar-refractivity contribution is -0.148. The van der Waals surface area contributed by atoms with Crippen LogP contribution in [0.25, 0.3) is 0 Å². The molecular formula is C44H71N7O8S. The van der Waals surface area contributed by atoms with Crippen LogP contribution < -0.4 is 16.4 Å². The van der Waals surface area contributed by atoms with E-state index in [-0.39, 0.29) is 73.0 Å². The molecule has 1 saturated heterocycles. The first-order valence-electron chi connectivity index (χ1n) is 21.2. The Morgan fingerprint density at radius 2 is 1.65 bits per heavy atom. The van der Waals surface area contributed by atoms with Gasteiger partial charge in [0.05, 0.1) is 48.7 Å². The number of carbonyl (C=O) groups excluding carboxylic acids is 5. The average Bonchev–Trinajstić information content (AvgIpc) is 3.93. The minimum absolute atomic E-state index is 0.00608. The van der Waals surface area contributed by atoms with Gasteiger partial charge in [-0.3, -0.25) is 24.1 Å². The number of amides is 5. The molecule has 15 nitrogen and oxygen atoms in total. The number of hydrogen-bond acceptors (Lipinski definition) is 11. The Morgan fingerprint density at radius 3 is 2.20 bits per heavy atom. The SMILES string of the molecule is CC[C@H](C)[C@@H]([C@@H](CC(=O)N1CCC[C@H]1[C@H](OC)[C@@H](C)C(=O)N[C@@H](Cc1ccccc1)c1nccs1)OC)N(C)C(=O)[C@@H](NC(=O)[C@H](C(C)C)N(C)CCOC(N)=O)C(C)C. The van der Waals surface area contributed by atoms with Crippen molar-refractivity contribution >= 4 is 41.1 Å². The number of primary amides is 1. The van der Waals surface area contributed by atoms with Gasteiger partial charge in [0.15, 0.2) is 0 Å². The molecule has 4 N–H and O–H groups in total. The van der Waals surface area contributed by atoms with E-state index >= 15 is 0 Å². The Kier molecular flexibility index (Phi) is 20.4. The normalized spacial score (nSPS) is 18.3. The topological polar surface area (TPSA) is 186 Å². The maximum atomic E-state index is 14.4. The van der Waals surface area contributed by atoms with Crippen molar-refractivity contribution in [3.8, 4) is 0 Å². The summed E-state index contributed by atoms with van der Waals surface area (Å²) >= 11 is 1.49. The van der Waals surface area contributed by atoms with Crippen LogP contribution >= 0.6 is 11.3 Å². The fourth-order valence-corrected chi connectivity index (χ4v) is 9.17. The number of ether oxygens (including phenoxy) is 3. The minimum Gasteiger partial charge on any atom is -0.448 e. The highest BCUT2D eigenvalue weighted by Gasteiger charge is 2.43. The smallest absolute Gasteiger partial charge is 0.404 e. The molecule has 336 valence electrons. The van der Waals surface area contributed by atoms with E-state index in [9.17, 15) is 24.0 Å². The van der Waals surface area contributed by atoms with Crippen molar-refractivity contribution in [3.05, 3.63) is 52.5 Å². The molecule has 0 unspecified atom stereocenters. The number of nitrogens with zero attached hydrogens (tertiary/aromatic N) is 4. The lowest BCUT2D eigenvalue weighted by atomic mass is 9.89. The van der Waals surface area contributed by atoms with Gasteiger partial charge in [-0.05, 0) is 49.6 Å². The molecule has 1 fully saturated rings. The second kappa shape index (κ2) is 24.4. The maximum absolute atomic E-state index is 14.4. The Balaban J connectivity index is 1.78. The van der Waals surface area contributed by atoms with E-state index in [1.165, 1.54) is 11.3 Å². The number of benzene rings is 1. The summed E-state index contributed by atoms with van der Waals surface area (Å²) in [6.07, 6.45) is 2.34. The average molecular weight is 858 g/mol. The molecule has 16 heteroatoms. The number of rotatable bonds is 24. The van der Waals surface area contributed by atoms with Gasteiger partial charge >= 0.3 is 6.09 Å². The first-order valence-corrected chi connectivity index (χ1v) is 22.1. The number of aromatic nitrogens is 1. The van der Waals surface area contributed by atoms with Crippen LogP contribution in [0, 0.1) is 23.7 Å².